The highest BCUT2D eigenvalue weighted by Crippen LogP contribution is 2.29. The van der Waals surface area contributed by atoms with Crippen LogP contribution in [0.4, 0.5) is 5.69 Å². The molecule has 31 heavy (non-hydrogen) atoms. The molecule has 1 N–H and O–H groups in total. The van der Waals surface area contributed by atoms with Crippen molar-refractivity contribution >= 4 is 23.4 Å². The zero-order valence-corrected chi connectivity index (χ0v) is 18.4. The molecule has 0 saturated carbocycles. The average molecular weight is 430 g/mol. The van der Waals surface area contributed by atoms with Crippen LogP contribution in [0.5, 0.6) is 0 Å². The lowest BCUT2D eigenvalue weighted by Crippen LogP contribution is -2.23. The van der Waals surface area contributed by atoms with Gasteiger partial charge in [0.2, 0.25) is 11.1 Å². The number of rotatable bonds is 6. The number of tetrazole rings is 1. The van der Waals surface area contributed by atoms with Crippen LogP contribution in [-0.2, 0) is 4.79 Å². The maximum absolute atomic E-state index is 13.0. The summed E-state index contributed by atoms with van der Waals surface area (Å²) in [5, 5.41) is 15.3. The first kappa shape index (κ1) is 20.8. The van der Waals surface area contributed by atoms with Crippen LogP contribution in [0, 0.1) is 13.8 Å². The summed E-state index contributed by atoms with van der Waals surface area (Å²) in [5.41, 5.74) is 6.05. The highest BCUT2D eigenvalue weighted by molar-refractivity contribution is 8.00. The Morgan fingerprint density at radius 2 is 1.71 bits per heavy atom. The van der Waals surface area contributed by atoms with Crippen LogP contribution < -0.4 is 5.32 Å². The highest BCUT2D eigenvalue weighted by atomic mass is 32.2. The first-order chi connectivity index (χ1) is 15.0. The number of benzene rings is 3. The SMILES string of the molecule is Cc1ccc(-n2nnnc2SC(C)C(=O)Nc2ccccc2-c2ccccc2)cc1C. The number of nitrogens with zero attached hydrogens (tertiary/aromatic N) is 4. The third kappa shape index (κ3) is 4.67. The van der Waals surface area contributed by atoms with Crippen LogP contribution in [0.3, 0.4) is 0 Å². The summed E-state index contributed by atoms with van der Waals surface area (Å²) >= 11 is 1.33. The standard InChI is InChI=1S/C24H23N5OS/c1-16-13-14-20(15-17(16)2)29-24(26-27-28-29)31-18(3)23(30)25-22-12-8-7-11-21(22)19-9-5-4-6-10-19/h4-15,18H,1-3H3,(H,25,30). The summed E-state index contributed by atoms with van der Waals surface area (Å²) in [7, 11) is 0. The Bertz CT molecular complexity index is 1210. The van der Waals surface area contributed by atoms with E-state index in [4.69, 9.17) is 0 Å². The number of amides is 1. The molecule has 3 aromatic carbocycles. The molecule has 1 unspecified atom stereocenters. The number of hydrogen-bond acceptors (Lipinski definition) is 5. The summed E-state index contributed by atoms with van der Waals surface area (Å²) < 4.78 is 1.67. The largest absolute Gasteiger partial charge is 0.325 e. The smallest absolute Gasteiger partial charge is 0.237 e. The molecule has 156 valence electrons. The number of aromatic nitrogens is 4. The van der Waals surface area contributed by atoms with E-state index in [0.29, 0.717) is 5.16 Å². The Kier molecular flexibility index (Phi) is 6.13. The number of hydrogen-bond donors (Lipinski definition) is 1. The molecule has 4 rings (SSSR count). The van der Waals surface area contributed by atoms with Crippen LogP contribution in [0.15, 0.2) is 78.0 Å². The lowest BCUT2D eigenvalue weighted by Gasteiger charge is -2.15. The predicted octanol–water partition coefficient (Wildman–Crippen LogP) is 5.07. The van der Waals surface area contributed by atoms with E-state index in [1.165, 1.54) is 17.3 Å². The number of anilines is 1. The van der Waals surface area contributed by atoms with Gasteiger partial charge < -0.3 is 5.32 Å². The van der Waals surface area contributed by atoms with E-state index in [1.807, 2.05) is 79.7 Å². The van der Waals surface area contributed by atoms with Crippen LogP contribution >= 0.6 is 11.8 Å². The van der Waals surface area contributed by atoms with Gasteiger partial charge in [-0.15, -0.1) is 5.10 Å². The second-order valence-electron chi connectivity index (χ2n) is 7.30. The van der Waals surface area contributed by atoms with Gasteiger partial charge in [0, 0.05) is 11.3 Å². The van der Waals surface area contributed by atoms with Gasteiger partial charge in [0.25, 0.3) is 0 Å². The fraction of sp³-hybridized carbons (Fsp3) is 0.167. The van der Waals surface area contributed by atoms with Gasteiger partial charge in [0.1, 0.15) is 0 Å². The summed E-state index contributed by atoms with van der Waals surface area (Å²) in [6, 6.07) is 23.9. The molecule has 1 amide bonds. The van der Waals surface area contributed by atoms with Gasteiger partial charge in [-0.3, -0.25) is 4.79 Å². The van der Waals surface area contributed by atoms with E-state index < -0.39 is 0 Å². The minimum absolute atomic E-state index is 0.108. The summed E-state index contributed by atoms with van der Waals surface area (Å²) in [4.78, 5) is 13.0. The number of para-hydroxylation sites is 1. The molecule has 4 aromatic rings. The molecule has 0 saturated heterocycles. The lowest BCUT2D eigenvalue weighted by molar-refractivity contribution is -0.115. The zero-order chi connectivity index (χ0) is 21.8. The molecule has 1 atom stereocenters. The van der Waals surface area contributed by atoms with Crippen LogP contribution in [0.2, 0.25) is 0 Å². The number of carbonyl (C=O) groups is 1. The first-order valence-corrected chi connectivity index (χ1v) is 10.9. The summed E-state index contributed by atoms with van der Waals surface area (Å²) in [5.74, 6) is -0.108. The van der Waals surface area contributed by atoms with E-state index in [0.717, 1.165) is 28.1 Å². The quantitative estimate of drug-likeness (QED) is 0.434. The van der Waals surface area contributed by atoms with Gasteiger partial charge in [-0.05, 0) is 66.1 Å². The maximum atomic E-state index is 13.0. The van der Waals surface area contributed by atoms with Crippen LogP contribution in [0.1, 0.15) is 18.1 Å². The lowest BCUT2D eigenvalue weighted by atomic mass is 10.0. The molecule has 0 aliphatic heterocycles. The minimum Gasteiger partial charge on any atom is -0.325 e. The molecule has 6 nitrogen and oxygen atoms in total. The summed E-state index contributed by atoms with van der Waals surface area (Å²) in [6.07, 6.45) is 0. The minimum atomic E-state index is -0.389. The van der Waals surface area contributed by atoms with Crippen molar-refractivity contribution in [2.45, 2.75) is 31.2 Å². The molecule has 0 spiro atoms. The van der Waals surface area contributed by atoms with E-state index in [1.54, 1.807) is 4.68 Å². The molecule has 0 bridgehead atoms. The van der Waals surface area contributed by atoms with Crippen molar-refractivity contribution < 1.29 is 4.79 Å². The topological polar surface area (TPSA) is 72.7 Å². The Hall–Kier alpha value is -3.45. The Morgan fingerprint density at radius 3 is 2.48 bits per heavy atom. The van der Waals surface area contributed by atoms with Gasteiger partial charge in [-0.25, -0.2) is 0 Å². The second-order valence-corrected chi connectivity index (χ2v) is 8.61. The van der Waals surface area contributed by atoms with E-state index in [-0.39, 0.29) is 11.2 Å². The van der Waals surface area contributed by atoms with Crippen molar-refractivity contribution in [3.05, 3.63) is 83.9 Å². The van der Waals surface area contributed by atoms with Gasteiger partial charge in [-0.2, -0.15) is 4.68 Å². The number of carbonyl (C=O) groups excluding carboxylic acids is 1. The fourth-order valence-electron chi connectivity index (χ4n) is 3.18. The van der Waals surface area contributed by atoms with Gasteiger partial charge >= 0.3 is 0 Å². The number of aryl methyl sites for hydroxylation is 2. The fourth-order valence-corrected chi connectivity index (χ4v) is 3.99. The number of nitrogens with one attached hydrogen (secondary N) is 1. The van der Waals surface area contributed by atoms with Gasteiger partial charge in [-0.1, -0.05) is 66.4 Å². The van der Waals surface area contributed by atoms with E-state index in [2.05, 4.69) is 34.7 Å². The Labute approximate surface area is 185 Å². The molecule has 0 fully saturated rings. The molecule has 1 heterocycles. The molecule has 0 aliphatic carbocycles. The molecular weight excluding hydrogens is 406 g/mol. The normalized spacial score (nSPS) is 11.8. The Balaban J connectivity index is 1.51. The molecule has 0 radical (unpaired) electrons. The molecule has 7 heteroatoms. The van der Waals surface area contributed by atoms with Crippen molar-refractivity contribution in [2.75, 3.05) is 5.32 Å². The van der Waals surface area contributed by atoms with E-state index >= 15 is 0 Å². The summed E-state index contributed by atoms with van der Waals surface area (Å²) in [6.45, 7) is 5.97. The number of thioether (sulfide) groups is 1. The molecule has 1 aromatic heterocycles. The molecular formula is C24H23N5OS. The van der Waals surface area contributed by atoms with Crippen molar-refractivity contribution in [3.63, 3.8) is 0 Å². The zero-order valence-electron chi connectivity index (χ0n) is 17.6. The van der Waals surface area contributed by atoms with Crippen molar-refractivity contribution in [3.8, 4) is 16.8 Å². The van der Waals surface area contributed by atoms with E-state index in [9.17, 15) is 4.79 Å². The van der Waals surface area contributed by atoms with Crippen molar-refractivity contribution in [1.82, 2.24) is 20.2 Å². The van der Waals surface area contributed by atoms with Gasteiger partial charge in [0.15, 0.2) is 0 Å². The van der Waals surface area contributed by atoms with Crippen LogP contribution in [-0.4, -0.2) is 31.4 Å². The second kappa shape index (κ2) is 9.14. The third-order valence-electron chi connectivity index (χ3n) is 5.10. The third-order valence-corrected chi connectivity index (χ3v) is 6.13. The average Bonchev–Trinajstić information content (AvgIpc) is 3.24. The monoisotopic (exact) mass is 429 g/mol. The maximum Gasteiger partial charge on any atom is 0.237 e. The molecule has 0 aliphatic rings. The van der Waals surface area contributed by atoms with Crippen LogP contribution in [0.25, 0.3) is 16.8 Å². The van der Waals surface area contributed by atoms with Crippen molar-refractivity contribution in [1.29, 1.82) is 0 Å². The Morgan fingerprint density at radius 1 is 0.968 bits per heavy atom. The van der Waals surface area contributed by atoms with Crippen molar-refractivity contribution in [2.24, 2.45) is 0 Å². The van der Waals surface area contributed by atoms with Gasteiger partial charge in [0.05, 0.1) is 10.9 Å². The first-order valence-electron chi connectivity index (χ1n) is 10.0. The predicted molar refractivity (Wildman–Crippen MR) is 124 cm³/mol. The highest BCUT2D eigenvalue weighted by Gasteiger charge is 2.20.